The van der Waals surface area contributed by atoms with Gasteiger partial charge in [0.25, 0.3) is 0 Å². The van der Waals surface area contributed by atoms with Crippen LogP contribution >= 0.6 is 0 Å². The summed E-state index contributed by atoms with van der Waals surface area (Å²) >= 11 is 0. The van der Waals surface area contributed by atoms with E-state index in [0.29, 0.717) is 25.0 Å². The highest BCUT2D eigenvalue weighted by Gasteiger charge is 2.27. The molecule has 0 amide bonds. The van der Waals surface area contributed by atoms with Crippen molar-refractivity contribution in [1.82, 2.24) is 19.0 Å². The molecule has 6 nitrogen and oxygen atoms in total. The summed E-state index contributed by atoms with van der Waals surface area (Å²) in [5.74, 6) is 1.46. The molecule has 0 radical (unpaired) electrons. The van der Waals surface area contributed by atoms with Crippen LogP contribution in [0, 0.1) is 11.8 Å². The Labute approximate surface area is 181 Å². The zero-order valence-corrected chi connectivity index (χ0v) is 21.2. The van der Waals surface area contributed by atoms with Crippen LogP contribution in [-0.4, -0.2) is 106 Å². The fraction of sp³-hybridized carbons (Fsp3) is 1.00. The molecule has 0 bridgehead atoms. The molecule has 29 heavy (non-hydrogen) atoms. The zero-order valence-electron chi connectivity index (χ0n) is 20.4. The zero-order chi connectivity index (χ0) is 22.2. The molecular formula is C22H48N4O2S. The number of hydrogen-bond acceptors (Lipinski definition) is 5. The summed E-state index contributed by atoms with van der Waals surface area (Å²) in [6.45, 7) is 15.2. The van der Waals surface area contributed by atoms with Crippen LogP contribution in [0.3, 0.4) is 0 Å². The van der Waals surface area contributed by atoms with Crippen molar-refractivity contribution in [2.24, 2.45) is 11.8 Å². The van der Waals surface area contributed by atoms with Gasteiger partial charge in [-0.3, -0.25) is 0 Å². The number of likely N-dealkylation sites (tertiary alicyclic amines) is 1. The lowest BCUT2D eigenvalue weighted by molar-refractivity contribution is 0.134. The van der Waals surface area contributed by atoms with Crippen LogP contribution in [0.4, 0.5) is 0 Å². The monoisotopic (exact) mass is 432 g/mol. The van der Waals surface area contributed by atoms with Crippen LogP contribution in [0.1, 0.15) is 53.4 Å². The first kappa shape index (κ1) is 26.8. The SMILES string of the molecule is CC(C)CN(C)C1CCN(C)CC1.CC(C)CN(C)C1CCN(S(C)(=O)=O)CC1. The van der Waals surface area contributed by atoms with Gasteiger partial charge in [-0.25, -0.2) is 12.7 Å². The Bertz CT molecular complexity index is 537. The van der Waals surface area contributed by atoms with Crippen molar-refractivity contribution < 1.29 is 8.42 Å². The van der Waals surface area contributed by atoms with E-state index in [1.165, 1.54) is 38.7 Å². The van der Waals surface area contributed by atoms with Crippen molar-refractivity contribution in [2.75, 3.05) is 66.7 Å². The van der Waals surface area contributed by atoms with Gasteiger partial charge in [0.05, 0.1) is 6.26 Å². The summed E-state index contributed by atoms with van der Waals surface area (Å²) in [5, 5.41) is 0. The van der Waals surface area contributed by atoms with Crippen LogP contribution in [0.2, 0.25) is 0 Å². The van der Waals surface area contributed by atoms with Crippen molar-refractivity contribution in [3.8, 4) is 0 Å². The van der Waals surface area contributed by atoms with E-state index >= 15 is 0 Å². The third-order valence-electron chi connectivity index (χ3n) is 6.13. The first-order valence-electron chi connectivity index (χ1n) is 11.4. The molecule has 0 spiro atoms. The normalized spacial score (nSPS) is 21.2. The molecule has 0 aromatic heterocycles. The molecule has 0 unspecified atom stereocenters. The van der Waals surface area contributed by atoms with Crippen molar-refractivity contribution in [3.63, 3.8) is 0 Å². The number of hydrogen-bond donors (Lipinski definition) is 0. The maximum atomic E-state index is 11.4. The average Bonchev–Trinajstić information content (AvgIpc) is 2.61. The topological polar surface area (TPSA) is 47.1 Å². The molecule has 2 heterocycles. The van der Waals surface area contributed by atoms with Gasteiger partial charge in [0, 0.05) is 38.3 Å². The van der Waals surface area contributed by atoms with Gasteiger partial charge < -0.3 is 14.7 Å². The molecule has 0 atom stereocenters. The van der Waals surface area contributed by atoms with E-state index in [-0.39, 0.29) is 0 Å². The summed E-state index contributed by atoms with van der Waals surface area (Å²) in [6, 6.07) is 1.37. The second-order valence-electron chi connectivity index (χ2n) is 10.1. The Hall–Kier alpha value is -0.210. The number of nitrogens with zero attached hydrogens (tertiary/aromatic N) is 4. The van der Waals surface area contributed by atoms with E-state index in [1.54, 1.807) is 4.31 Å². The minimum absolute atomic E-state index is 0.542. The molecule has 0 N–H and O–H groups in total. The maximum absolute atomic E-state index is 11.4. The molecule has 2 aliphatic rings. The van der Waals surface area contributed by atoms with Gasteiger partial charge in [-0.15, -0.1) is 0 Å². The van der Waals surface area contributed by atoms with Crippen LogP contribution < -0.4 is 0 Å². The molecule has 0 aliphatic carbocycles. The standard InChI is InChI=1S/C11H24N2O2S.C11H24N2/c1-10(2)9-12(3)11-5-7-13(8-6-11)16(4,14)15;1-10(2)9-13(4)11-5-7-12(3)8-6-11/h10-11H,5-9H2,1-4H3;10-11H,5-9H2,1-4H3. The molecule has 174 valence electrons. The van der Waals surface area contributed by atoms with Crippen LogP contribution in [0.15, 0.2) is 0 Å². The highest BCUT2D eigenvalue weighted by atomic mass is 32.2. The predicted octanol–water partition coefficient (Wildman–Crippen LogP) is 2.67. The summed E-state index contributed by atoms with van der Waals surface area (Å²) < 4.78 is 24.3. The van der Waals surface area contributed by atoms with Crippen molar-refractivity contribution in [1.29, 1.82) is 0 Å². The van der Waals surface area contributed by atoms with Gasteiger partial charge in [0.2, 0.25) is 10.0 Å². The molecule has 0 saturated carbocycles. The van der Waals surface area contributed by atoms with E-state index in [4.69, 9.17) is 0 Å². The first-order valence-corrected chi connectivity index (χ1v) is 13.3. The van der Waals surface area contributed by atoms with Crippen molar-refractivity contribution >= 4 is 10.0 Å². The molecule has 0 aromatic rings. The molecular weight excluding hydrogens is 384 g/mol. The highest BCUT2D eigenvalue weighted by Crippen LogP contribution is 2.18. The summed E-state index contributed by atoms with van der Waals surface area (Å²) in [4.78, 5) is 7.33. The number of piperidine rings is 2. The van der Waals surface area contributed by atoms with Gasteiger partial charge in [-0.2, -0.15) is 0 Å². The Morgan fingerprint density at radius 2 is 1.14 bits per heavy atom. The van der Waals surface area contributed by atoms with E-state index in [9.17, 15) is 8.42 Å². The fourth-order valence-electron chi connectivity index (χ4n) is 4.50. The quantitative estimate of drug-likeness (QED) is 0.619. The van der Waals surface area contributed by atoms with Gasteiger partial charge in [0.15, 0.2) is 0 Å². The Kier molecular flexibility index (Phi) is 11.7. The van der Waals surface area contributed by atoms with Gasteiger partial charge in [-0.05, 0) is 71.8 Å². The number of rotatable bonds is 7. The molecule has 2 fully saturated rings. The molecule has 0 aromatic carbocycles. The van der Waals surface area contributed by atoms with Crippen LogP contribution in [0.25, 0.3) is 0 Å². The summed E-state index contributed by atoms with van der Waals surface area (Å²) in [5.41, 5.74) is 0. The third kappa shape index (κ3) is 10.6. The second-order valence-corrected chi connectivity index (χ2v) is 12.1. The predicted molar refractivity (Wildman–Crippen MR) is 125 cm³/mol. The largest absolute Gasteiger partial charge is 0.306 e. The second kappa shape index (κ2) is 12.6. The molecule has 2 aliphatic heterocycles. The lowest BCUT2D eigenvalue weighted by Crippen LogP contribution is -2.45. The summed E-state index contributed by atoms with van der Waals surface area (Å²) in [7, 11) is 3.65. The first-order chi connectivity index (χ1) is 13.4. The maximum Gasteiger partial charge on any atom is 0.211 e. The molecule has 2 saturated heterocycles. The van der Waals surface area contributed by atoms with Crippen molar-refractivity contribution in [3.05, 3.63) is 0 Å². The minimum Gasteiger partial charge on any atom is -0.306 e. The highest BCUT2D eigenvalue weighted by molar-refractivity contribution is 7.88. The lowest BCUT2D eigenvalue weighted by Gasteiger charge is -2.36. The molecule has 7 heteroatoms. The van der Waals surface area contributed by atoms with Gasteiger partial charge in [-0.1, -0.05) is 27.7 Å². The van der Waals surface area contributed by atoms with Gasteiger partial charge >= 0.3 is 0 Å². The van der Waals surface area contributed by atoms with E-state index in [1.807, 2.05) is 0 Å². The molecule has 2 rings (SSSR count). The van der Waals surface area contributed by atoms with Crippen LogP contribution in [-0.2, 0) is 10.0 Å². The smallest absolute Gasteiger partial charge is 0.211 e. The Morgan fingerprint density at radius 3 is 1.45 bits per heavy atom. The number of sulfonamides is 1. The summed E-state index contributed by atoms with van der Waals surface area (Å²) in [6.07, 6.45) is 5.90. The fourth-order valence-corrected chi connectivity index (χ4v) is 5.37. The third-order valence-corrected chi connectivity index (χ3v) is 7.44. The van der Waals surface area contributed by atoms with E-state index in [2.05, 4.69) is 63.5 Å². The van der Waals surface area contributed by atoms with Gasteiger partial charge in [0.1, 0.15) is 0 Å². The van der Waals surface area contributed by atoms with E-state index < -0.39 is 10.0 Å². The Morgan fingerprint density at radius 1 is 0.793 bits per heavy atom. The average molecular weight is 433 g/mol. The lowest BCUT2D eigenvalue weighted by atomic mass is 10.0. The van der Waals surface area contributed by atoms with Crippen molar-refractivity contribution in [2.45, 2.75) is 65.5 Å². The minimum atomic E-state index is -2.98. The van der Waals surface area contributed by atoms with E-state index in [0.717, 1.165) is 31.3 Å². The van der Waals surface area contributed by atoms with Crippen LogP contribution in [0.5, 0.6) is 0 Å². The Balaban J connectivity index is 0.000000296.